The molecule has 0 N–H and O–H groups in total. The van der Waals surface area contributed by atoms with Gasteiger partial charge in [0, 0.05) is 36.2 Å². The SMILES string of the molecule is CC(=O)OC1N=C(c2ccccc2)c2cc(Cl)ccc2-n2nc(C(=O)N3CCCCC3)nc21. The molecular weight excluding hydrogens is 442 g/mol. The Balaban J connectivity index is 1.68. The minimum Gasteiger partial charge on any atom is -0.432 e. The summed E-state index contributed by atoms with van der Waals surface area (Å²) in [5, 5.41) is 5.07. The zero-order chi connectivity index (χ0) is 22.9. The van der Waals surface area contributed by atoms with Crippen LogP contribution in [0, 0.1) is 0 Å². The lowest BCUT2D eigenvalue weighted by molar-refractivity contribution is -0.146. The monoisotopic (exact) mass is 463 g/mol. The summed E-state index contributed by atoms with van der Waals surface area (Å²) in [6.07, 6.45) is 1.96. The standard InChI is InChI=1S/C24H22ClN5O3/c1-15(31)33-23-22-27-21(24(32)29-12-6-3-7-13-29)28-30(22)19-11-10-17(25)14-18(19)20(26-23)16-8-4-2-5-9-16/h2,4-5,8-11,14,23H,3,6-7,12-13H2,1H3. The van der Waals surface area contributed by atoms with Gasteiger partial charge in [-0.25, -0.2) is 14.7 Å². The molecule has 1 saturated heterocycles. The van der Waals surface area contributed by atoms with Crippen LogP contribution in [0.1, 0.15) is 60.0 Å². The molecule has 2 aliphatic rings. The van der Waals surface area contributed by atoms with Crippen molar-refractivity contribution >= 4 is 29.2 Å². The molecule has 1 unspecified atom stereocenters. The number of ether oxygens (including phenoxy) is 1. The summed E-state index contributed by atoms with van der Waals surface area (Å²) in [4.78, 5) is 36.1. The van der Waals surface area contributed by atoms with Crippen molar-refractivity contribution in [1.29, 1.82) is 0 Å². The number of halogens is 1. The molecule has 2 aliphatic heterocycles. The lowest BCUT2D eigenvalue weighted by atomic mass is 10.0. The van der Waals surface area contributed by atoms with Crippen LogP contribution < -0.4 is 0 Å². The largest absolute Gasteiger partial charge is 0.432 e. The molecular formula is C24H22ClN5O3. The van der Waals surface area contributed by atoms with Gasteiger partial charge in [-0.15, -0.1) is 5.10 Å². The van der Waals surface area contributed by atoms with Crippen molar-refractivity contribution in [2.75, 3.05) is 13.1 Å². The minimum atomic E-state index is -1.07. The quantitative estimate of drug-likeness (QED) is 0.548. The predicted molar refractivity (Wildman–Crippen MR) is 123 cm³/mol. The Morgan fingerprint density at radius 3 is 2.55 bits per heavy atom. The molecule has 0 radical (unpaired) electrons. The molecule has 8 nitrogen and oxygen atoms in total. The van der Waals surface area contributed by atoms with Gasteiger partial charge in [0.2, 0.25) is 5.82 Å². The highest BCUT2D eigenvalue weighted by molar-refractivity contribution is 6.31. The van der Waals surface area contributed by atoms with Gasteiger partial charge in [-0.1, -0.05) is 41.9 Å². The van der Waals surface area contributed by atoms with E-state index in [4.69, 9.17) is 21.3 Å². The van der Waals surface area contributed by atoms with Gasteiger partial charge in [0.15, 0.2) is 5.82 Å². The maximum absolute atomic E-state index is 13.1. The fourth-order valence-corrected chi connectivity index (χ4v) is 4.35. The third kappa shape index (κ3) is 4.14. The maximum Gasteiger partial charge on any atom is 0.304 e. The molecule has 1 atom stereocenters. The average molecular weight is 464 g/mol. The Morgan fingerprint density at radius 1 is 1.06 bits per heavy atom. The van der Waals surface area contributed by atoms with Gasteiger partial charge in [0.25, 0.3) is 12.1 Å². The number of hydrogen-bond acceptors (Lipinski definition) is 6. The van der Waals surface area contributed by atoms with E-state index in [0.717, 1.165) is 24.8 Å². The minimum absolute atomic E-state index is 0.0586. The number of likely N-dealkylation sites (tertiary alicyclic amines) is 1. The van der Waals surface area contributed by atoms with Crippen molar-refractivity contribution in [1.82, 2.24) is 19.7 Å². The number of carbonyl (C=O) groups is 2. The van der Waals surface area contributed by atoms with Gasteiger partial charge in [-0.3, -0.25) is 9.59 Å². The average Bonchev–Trinajstić information content (AvgIpc) is 3.23. The number of esters is 1. The smallest absolute Gasteiger partial charge is 0.304 e. The van der Waals surface area contributed by atoms with E-state index in [-0.39, 0.29) is 17.6 Å². The van der Waals surface area contributed by atoms with Crippen LogP contribution in [0.2, 0.25) is 5.02 Å². The molecule has 168 valence electrons. The van der Waals surface area contributed by atoms with Crippen molar-refractivity contribution in [3.8, 4) is 5.69 Å². The first-order valence-electron chi connectivity index (χ1n) is 10.9. The number of amides is 1. The predicted octanol–water partition coefficient (Wildman–Crippen LogP) is 3.96. The topological polar surface area (TPSA) is 89.7 Å². The highest BCUT2D eigenvalue weighted by Crippen LogP contribution is 2.32. The molecule has 1 fully saturated rings. The number of aromatic nitrogens is 3. The summed E-state index contributed by atoms with van der Waals surface area (Å²) in [5.74, 6) is -0.429. The highest BCUT2D eigenvalue weighted by atomic mass is 35.5. The number of aliphatic imine (C=N–C) groups is 1. The Kier molecular flexibility index (Phi) is 5.68. The van der Waals surface area contributed by atoms with Crippen LogP contribution in [-0.4, -0.2) is 50.3 Å². The first kappa shape index (κ1) is 21.3. The van der Waals surface area contributed by atoms with E-state index in [9.17, 15) is 9.59 Å². The fourth-order valence-electron chi connectivity index (χ4n) is 4.18. The molecule has 3 heterocycles. The van der Waals surface area contributed by atoms with Gasteiger partial charge in [0.1, 0.15) is 0 Å². The zero-order valence-corrected chi connectivity index (χ0v) is 18.8. The van der Waals surface area contributed by atoms with E-state index < -0.39 is 12.2 Å². The second kappa shape index (κ2) is 8.78. The molecule has 0 bridgehead atoms. The van der Waals surface area contributed by atoms with Crippen LogP contribution >= 0.6 is 11.6 Å². The summed E-state index contributed by atoms with van der Waals surface area (Å²) < 4.78 is 7.08. The Labute approximate surface area is 195 Å². The molecule has 33 heavy (non-hydrogen) atoms. The molecule has 0 spiro atoms. The molecule has 0 aliphatic carbocycles. The van der Waals surface area contributed by atoms with E-state index in [2.05, 4.69) is 10.1 Å². The highest BCUT2D eigenvalue weighted by Gasteiger charge is 2.32. The Morgan fingerprint density at radius 2 is 1.82 bits per heavy atom. The van der Waals surface area contributed by atoms with Crippen molar-refractivity contribution in [3.05, 3.63) is 76.3 Å². The lowest BCUT2D eigenvalue weighted by Gasteiger charge is -2.25. The van der Waals surface area contributed by atoms with Crippen molar-refractivity contribution in [3.63, 3.8) is 0 Å². The summed E-state index contributed by atoms with van der Waals surface area (Å²) in [5.41, 5.74) is 2.77. The molecule has 1 aromatic heterocycles. The third-order valence-electron chi connectivity index (χ3n) is 5.70. The van der Waals surface area contributed by atoms with E-state index in [0.29, 0.717) is 35.1 Å². The van der Waals surface area contributed by atoms with Crippen LogP contribution in [0.3, 0.4) is 0 Å². The first-order valence-corrected chi connectivity index (χ1v) is 11.3. The number of hydrogen-bond donors (Lipinski definition) is 0. The van der Waals surface area contributed by atoms with Gasteiger partial charge < -0.3 is 9.64 Å². The number of carbonyl (C=O) groups excluding carboxylic acids is 2. The third-order valence-corrected chi connectivity index (χ3v) is 5.94. The molecule has 5 rings (SSSR count). The first-order chi connectivity index (χ1) is 16.0. The molecule has 0 saturated carbocycles. The van der Waals surface area contributed by atoms with E-state index >= 15 is 0 Å². The van der Waals surface area contributed by atoms with Crippen molar-refractivity contribution in [2.24, 2.45) is 4.99 Å². The summed E-state index contributed by atoms with van der Waals surface area (Å²) in [7, 11) is 0. The normalized spacial score (nSPS) is 17.5. The van der Waals surface area contributed by atoms with Gasteiger partial charge in [0.05, 0.1) is 11.4 Å². The number of nitrogens with zero attached hydrogens (tertiary/aromatic N) is 5. The van der Waals surface area contributed by atoms with Crippen LogP contribution in [0.5, 0.6) is 0 Å². The molecule has 3 aromatic rings. The summed E-state index contributed by atoms with van der Waals surface area (Å²) >= 11 is 6.34. The number of rotatable bonds is 3. The number of fused-ring (bicyclic) bond motifs is 3. The van der Waals surface area contributed by atoms with Crippen molar-refractivity contribution in [2.45, 2.75) is 32.4 Å². The number of benzene rings is 2. The summed E-state index contributed by atoms with van der Waals surface area (Å²) in [6, 6.07) is 14.9. The molecule has 1 amide bonds. The lowest BCUT2D eigenvalue weighted by Crippen LogP contribution is -2.36. The van der Waals surface area contributed by atoms with Gasteiger partial charge in [-0.2, -0.15) is 0 Å². The second-order valence-electron chi connectivity index (χ2n) is 8.03. The number of piperidine rings is 1. The summed E-state index contributed by atoms with van der Waals surface area (Å²) in [6.45, 7) is 2.67. The van der Waals surface area contributed by atoms with Crippen molar-refractivity contribution < 1.29 is 14.3 Å². The molecule has 2 aromatic carbocycles. The fraction of sp³-hybridized carbons (Fsp3) is 0.292. The van der Waals surface area contributed by atoms with Crippen LogP contribution in [-0.2, 0) is 9.53 Å². The Bertz CT molecular complexity index is 1250. The van der Waals surface area contributed by atoms with Gasteiger partial charge >= 0.3 is 5.97 Å². The van der Waals surface area contributed by atoms with Crippen LogP contribution in [0.4, 0.5) is 0 Å². The van der Waals surface area contributed by atoms with Crippen LogP contribution in [0.25, 0.3) is 5.69 Å². The zero-order valence-electron chi connectivity index (χ0n) is 18.1. The van der Waals surface area contributed by atoms with Gasteiger partial charge in [-0.05, 0) is 37.5 Å². The molecule has 9 heteroatoms. The van der Waals surface area contributed by atoms with E-state index in [1.54, 1.807) is 23.1 Å². The second-order valence-corrected chi connectivity index (χ2v) is 8.46. The van der Waals surface area contributed by atoms with Crippen LogP contribution in [0.15, 0.2) is 53.5 Å². The van der Waals surface area contributed by atoms with E-state index in [1.165, 1.54) is 11.6 Å². The maximum atomic E-state index is 13.1. The Hall–Kier alpha value is -3.52. The van der Waals surface area contributed by atoms with E-state index in [1.807, 2.05) is 30.3 Å².